The van der Waals surface area contributed by atoms with Gasteiger partial charge in [-0.25, -0.2) is 14.5 Å². The van der Waals surface area contributed by atoms with Gasteiger partial charge in [0.1, 0.15) is 5.57 Å². The zero-order valence-electron chi connectivity index (χ0n) is 18.8. The first-order valence-corrected chi connectivity index (χ1v) is 12.2. The third-order valence-corrected chi connectivity index (χ3v) is 6.16. The number of hydrogen-bond acceptors (Lipinski definition) is 5. The highest BCUT2D eigenvalue weighted by Gasteiger charge is 2.37. The van der Waals surface area contributed by atoms with Crippen molar-refractivity contribution in [3.63, 3.8) is 0 Å². The van der Waals surface area contributed by atoms with Gasteiger partial charge < -0.3 is 4.74 Å². The van der Waals surface area contributed by atoms with E-state index in [1.54, 1.807) is 36.4 Å². The fourth-order valence-corrected chi connectivity index (χ4v) is 4.81. The normalized spacial score (nSPS) is 14.9. The van der Waals surface area contributed by atoms with Crippen LogP contribution < -0.4 is 15.0 Å². The van der Waals surface area contributed by atoms with E-state index in [0.717, 1.165) is 16.0 Å². The molecule has 0 radical (unpaired) electrons. The maximum absolute atomic E-state index is 13.3. The largest absolute Gasteiger partial charge is 0.422 e. The van der Waals surface area contributed by atoms with E-state index in [0.29, 0.717) is 14.6 Å². The van der Waals surface area contributed by atoms with Crippen LogP contribution in [0.2, 0.25) is 0 Å². The number of rotatable bonds is 5. The van der Waals surface area contributed by atoms with Crippen molar-refractivity contribution >= 4 is 73.5 Å². The second-order valence-electron chi connectivity index (χ2n) is 7.77. The maximum Gasteiger partial charge on any atom is 0.336 e. The van der Waals surface area contributed by atoms with Gasteiger partial charge in [-0.1, -0.05) is 58.4 Å². The minimum absolute atomic E-state index is 0.105. The number of urea groups is 1. The Morgan fingerprint density at radius 2 is 1.72 bits per heavy atom. The van der Waals surface area contributed by atoms with Gasteiger partial charge in [-0.3, -0.25) is 14.9 Å². The van der Waals surface area contributed by atoms with E-state index >= 15 is 0 Å². The van der Waals surface area contributed by atoms with Crippen LogP contribution in [0.3, 0.4) is 0 Å². The van der Waals surface area contributed by atoms with Crippen molar-refractivity contribution in [2.75, 3.05) is 4.90 Å². The number of ether oxygens (including phenoxy) is 1. The van der Waals surface area contributed by atoms with Crippen LogP contribution in [0, 0.1) is 6.92 Å². The van der Waals surface area contributed by atoms with E-state index in [4.69, 9.17) is 4.74 Å². The van der Waals surface area contributed by atoms with Crippen LogP contribution in [-0.2, 0) is 14.4 Å². The van der Waals surface area contributed by atoms with Gasteiger partial charge in [-0.2, -0.15) is 0 Å². The number of carbonyl (C=O) groups excluding carboxylic acids is 4. The summed E-state index contributed by atoms with van der Waals surface area (Å²) >= 11 is 6.75. The molecular weight excluding hydrogens is 592 g/mol. The molecule has 0 aliphatic carbocycles. The number of halogens is 2. The second-order valence-corrected chi connectivity index (χ2v) is 9.54. The molecule has 1 N–H and O–H groups in total. The number of esters is 1. The Balaban J connectivity index is 1.69. The van der Waals surface area contributed by atoms with Crippen molar-refractivity contribution in [2.24, 2.45) is 0 Å². The van der Waals surface area contributed by atoms with E-state index in [-0.39, 0.29) is 16.9 Å². The SMILES string of the molecule is Cc1cccc(N2C(=O)NC(=O)/C(=C/c3cc(Br)cc(Br)c3OC(=O)/C=C/c3ccccc3)C2=O)c1. The molecule has 0 spiro atoms. The van der Waals surface area contributed by atoms with Gasteiger partial charge in [-0.15, -0.1) is 0 Å². The zero-order valence-corrected chi connectivity index (χ0v) is 22.0. The Labute approximate surface area is 223 Å². The van der Waals surface area contributed by atoms with Crippen LogP contribution in [0.1, 0.15) is 16.7 Å². The van der Waals surface area contributed by atoms with Gasteiger partial charge in [0.15, 0.2) is 5.75 Å². The van der Waals surface area contributed by atoms with Crippen molar-refractivity contribution in [1.29, 1.82) is 0 Å². The van der Waals surface area contributed by atoms with Crippen LogP contribution in [-0.4, -0.2) is 23.8 Å². The van der Waals surface area contributed by atoms with Crippen molar-refractivity contribution < 1.29 is 23.9 Å². The average molecular weight is 610 g/mol. The summed E-state index contributed by atoms with van der Waals surface area (Å²) in [6.07, 6.45) is 4.17. The van der Waals surface area contributed by atoms with Gasteiger partial charge in [-0.05, 0) is 70.4 Å². The lowest BCUT2D eigenvalue weighted by Gasteiger charge is -2.26. The van der Waals surface area contributed by atoms with Gasteiger partial charge >= 0.3 is 12.0 Å². The molecule has 3 aromatic rings. The molecule has 180 valence electrons. The number of barbiturate groups is 1. The Hall–Kier alpha value is -3.82. The number of nitrogens with zero attached hydrogens (tertiary/aromatic N) is 1. The number of hydrogen-bond donors (Lipinski definition) is 1. The Morgan fingerprint density at radius 1 is 0.972 bits per heavy atom. The quantitative estimate of drug-likeness (QED) is 0.171. The molecule has 1 aliphatic rings. The minimum Gasteiger partial charge on any atom is -0.422 e. The standard InChI is InChI=1S/C27H18Br2N2O5/c1-16-6-5-9-20(12-16)31-26(34)21(25(33)30-27(31)35)14-18-13-19(28)15-22(29)24(18)36-23(32)11-10-17-7-3-2-4-8-17/h2-15H,1H3,(H,30,33,35)/b11-10+,21-14-. The Morgan fingerprint density at radius 3 is 2.44 bits per heavy atom. The second kappa shape index (κ2) is 10.8. The van der Waals surface area contributed by atoms with Gasteiger partial charge in [0, 0.05) is 16.1 Å². The summed E-state index contributed by atoms with van der Waals surface area (Å²) in [5, 5.41) is 2.19. The molecule has 0 bridgehead atoms. The molecule has 9 heteroatoms. The van der Waals surface area contributed by atoms with Gasteiger partial charge in [0.2, 0.25) is 0 Å². The minimum atomic E-state index is -0.855. The summed E-state index contributed by atoms with van der Waals surface area (Å²) in [4.78, 5) is 51.8. The average Bonchev–Trinajstić information content (AvgIpc) is 2.83. The monoisotopic (exact) mass is 608 g/mol. The number of carbonyl (C=O) groups is 4. The maximum atomic E-state index is 13.3. The fraction of sp³-hybridized carbons (Fsp3) is 0.0370. The number of nitrogens with one attached hydrogen (secondary N) is 1. The third-order valence-electron chi connectivity index (χ3n) is 5.11. The molecule has 0 aromatic heterocycles. The van der Waals surface area contributed by atoms with Crippen LogP contribution in [0.4, 0.5) is 10.5 Å². The Kier molecular flexibility index (Phi) is 7.61. The smallest absolute Gasteiger partial charge is 0.336 e. The molecular formula is C27H18Br2N2O5. The number of benzene rings is 3. The summed E-state index contributed by atoms with van der Waals surface area (Å²) < 4.78 is 6.58. The fourth-order valence-electron chi connectivity index (χ4n) is 3.47. The number of amides is 4. The summed E-state index contributed by atoms with van der Waals surface area (Å²) in [5.74, 6) is -2.21. The van der Waals surface area contributed by atoms with Crippen LogP contribution in [0.25, 0.3) is 12.2 Å². The molecule has 1 aliphatic heterocycles. The van der Waals surface area contributed by atoms with Crippen LogP contribution >= 0.6 is 31.9 Å². The lowest BCUT2D eigenvalue weighted by molar-refractivity contribution is -0.129. The van der Waals surface area contributed by atoms with E-state index in [2.05, 4.69) is 37.2 Å². The number of anilines is 1. The molecule has 0 unspecified atom stereocenters. The number of imide groups is 2. The molecule has 1 fully saturated rings. The third kappa shape index (κ3) is 5.69. The summed E-state index contributed by atoms with van der Waals surface area (Å²) in [5.41, 5.74) is 1.96. The first-order valence-electron chi connectivity index (χ1n) is 10.6. The molecule has 4 amide bonds. The highest BCUT2D eigenvalue weighted by Crippen LogP contribution is 2.35. The van der Waals surface area contributed by atoms with E-state index < -0.39 is 23.8 Å². The highest BCUT2D eigenvalue weighted by molar-refractivity contribution is 9.11. The molecule has 7 nitrogen and oxygen atoms in total. The summed E-state index contributed by atoms with van der Waals surface area (Å²) in [6.45, 7) is 1.82. The molecule has 4 rings (SSSR count). The number of aryl methyl sites for hydroxylation is 1. The molecule has 3 aromatic carbocycles. The summed E-state index contributed by atoms with van der Waals surface area (Å²) in [7, 11) is 0. The predicted molar refractivity (Wildman–Crippen MR) is 143 cm³/mol. The van der Waals surface area contributed by atoms with Crippen molar-refractivity contribution in [1.82, 2.24) is 5.32 Å². The topological polar surface area (TPSA) is 92.8 Å². The molecule has 0 saturated carbocycles. The van der Waals surface area contributed by atoms with Crippen LogP contribution in [0.15, 0.2) is 87.3 Å². The van der Waals surface area contributed by atoms with Crippen LogP contribution in [0.5, 0.6) is 5.75 Å². The highest BCUT2D eigenvalue weighted by atomic mass is 79.9. The van der Waals surface area contributed by atoms with E-state index in [1.807, 2.05) is 43.3 Å². The first-order chi connectivity index (χ1) is 17.2. The first kappa shape index (κ1) is 25.3. The van der Waals surface area contributed by atoms with Gasteiger partial charge in [0.05, 0.1) is 10.2 Å². The zero-order chi connectivity index (χ0) is 25.8. The lowest BCUT2D eigenvalue weighted by Crippen LogP contribution is -2.54. The summed E-state index contributed by atoms with van der Waals surface area (Å²) in [6, 6.07) is 18.4. The van der Waals surface area contributed by atoms with Crippen molar-refractivity contribution in [2.45, 2.75) is 6.92 Å². The molecule has 0 atom stereocenters. The van der Waals surface area contributed by atoms with E-state index in [9.17, 15) is 19.2 Å². The molecule has 36 heavy (non-hydrogen) atoms. The van der Waals surface area contributed by atoms with Crippen molar-refractivity contribution in [3.8, 4) is 5.75 Å². The van der Waals surface area contributed by atoms with E-state index in [1.165, 1.54) is 12.2 Å². The predicted octanol–water partition coefficient (Wildman–Crippen LogP) is 5.81. The molecule has 1 heterocycles. The lowest BCUT2D eigenvalue weighted by atomic mass is 10.1. The Bertz CT molecular complexity index is 1450. The van der Waals surface area contributed by atoms with Crippen molar-refractivity contribution in [3.05, 3.63) is 104 Å². The van der Waals surface area contributed by atoms with Gasteiger partial charge in [0.25, 0.3) is 11.8 Å². The molecule has 1 saturated heterocycles.